The van der Waals surface area contributed by atoms with Gasteiger partial charge in [0.15, 0.2) is 0 Å². The maximum atomic E-state index is 10.6. The van der Waals surface area contributed by atoms with Gasteiger partial charge in [-0.25, -0.2) is 4.79 Å². The Bertz CT molecular complexity index is 168. The van der Waals surface area contributed by atoms with E-state index in [9.17, 15) is 4.79 Å². The first kappa shape index (κ1) is 11.0. The number of nitrogens with one attached hydrogen (secondary N) is 1. The second kappa shape index (κ2) is 4.80. The van der Waals surface area contributed by atoms with Gasteiger partial charge in [0, 0.05) is 18.8 Å². The fourth-order valence-electron chi connectivity index (χ4n) is 0.560. The molecule has 0 aromatic rings. The van der Waals surface area contributed by atoms with Crippen LogP contribution in [0.2, 0.25) is 0 Å². The van der Waals surface area contributed by atoms with Crippen molar-refractivity contribution in [2.24, 2.45) is 5.41 Å². The van der Waals surface area contributed by atoms with Crippen molar-refractivity contribution in [3.05, 3.63) is 12.3 Å². The molecule has 0 bridgehead atoms. The molecule has 0 amide bonds. The normalized spacial score (nSPS) is 11.7. The number of rotatable bonds is 3. The highest BCUT2D eigenvalue weighted by molar-refractivity contribution is 5.81. The van der Waals surface area contributed by atoms with Crippen LogP contribution in [0.5, 0.6) is 0 Å². The van der Waals surface area contributed by atoms with Crippen LogP contribution in [0.4, 0.5) is 0 Å². The summed E-state index contributed by atoms with van der Waals surface area (Å²) < 4.78 is 4.42. The lowest BCUT2D eigenvalue weighted by Gasteiger charge is -2.17. The number of hydrogen-bond acceptors (Lipinski definition) is 3. The minimum atomic E-state index is -0.337. The van der Waals surface area contributed by atoms with Gasteiger partial charge < -0.3 is 10.1 Å². The van der Waals surface area contributed by atoms with E-state index in [4.69, 9.17) is 0 Å². The van der Waals surface area contributed by atoms with E-state index in [2.05, 4.69) is 30.8 Å². The van der Waals surface area contributed by atoms with Gasteiger partial charge in [-0.05, 0) is 5.41 Å². The number of carbonyl (C=O) groups excluding carboxylic acids is 1. The van der Waals surface area contributed by atoms with Crippen LogP contribution in [0, 0.1) is 5.41 Å². The second-order valence-electron chi connectivity index (χ2n) is 3.80. The van der Waals surface area contributed by atoms with E-state index in [1.165, 1.54) is 13.2 Å². The van der Waals surface area contributed by atoms with Crippen molar-refractivity contribution in [2.75, 3.05) is 13.7 Å². The van der Waals surface area contributed by atoms with Crippen molar-refractivity contribution in [1.29, 1.82) is 0 Å². The maximum Gasteiger partial charge on any atom is 0.331 e. The van der Waals surface area contributed by atoms with Gasteiger partial charge in [0.05, 0.1) is 7.11 Å². The zero-order valence-electron chi connectivity index (χ0n) is 8.18. The topological polar surface area (TPSA) is 38.3 Å². The van der Waals surface area contributed by atoms with Crippen molar-refractivity contribution in [3.8, 4) is 0 Å². The number of carbonyl (C=O) groups is 1. The molecule has 0 aliphatic heterocycles. The van der Waals surface area contributed by atoms with Crippen molar-refractivity contribution in [2.45, 2.75) is 20.8 Å². The maximum absolute atomic E-state index is 10.6. The molecule has 0 rings (SSSR count). The number of hydrogen-bond donors (Lipinski definition) is 1. The van der Waals surface area contributed by atoms with Gasteiger partial charge in [-0.15, -0.1) is 0 Å². The molecule has 70 valence electrons. The molecule has 0 saturated carbocycles. The van der Waals surface area contributed by atoms with Gasteiger partial charge in [0.2, 0.25) is 0 Å². The molecule has 3 nitrogen and oxygen atoms in total. The highest BCUT2D eigenvalue weighted by atomic mass is 16.5. The summed E-state index contributed by atoms with van der Waals surface area (Å²) in [6, 6.07) is 0. The smallest absolute Gasteiger partial charge is 0.331 e. The Morgan fingerprint density at radius 2 is 2.08 bits per heavy atom. The molecule has 0 aromatic heterocycles. The molecule has 1 N–H and O–H groups in total. The number of ether oxygens (including phenoxy) is 1. The monoisotopic (exact) mass is 171 g/mol. The summed E-state index contributed by atoms with van der Waals surface area (Å²) in [6.45, 7) is 7.18. The van der Waals surface area contributed by atoms with Crippen LogP contribution in [-0.2, 0) is 9.53 Å². The van der Waals surface area contributed by atoms with Crippen LogP contribution in [0.3, 0.4) is 0 Å². The van der Waals surface area contributed by atoms with Crippen LogP contribution in [0.25, 0.3) is 0 Å². The zero-order chi connectivity index (χ0) is 9.61. The molecule has 3 heteroatoms. The minimum absolute atomic E-state index is 0.223. The molecule has 0 aromatic carbocycles. The van der Waals surface area contributed by atoms with Crippen molar-refractivity contribution in [1.82, 2.24) is 5.32 Å². The van der Waals surface area contributed by atoms with E-state index >= 15 is 0 Å². The molecular weight excluding hydrogens is 154 g/mol. The predicted octanol–water partition coefficient (Wildman–Crippen LogP) is 1.31. The van der Waals surface area contributed by atoms with Crippen LogP contribution < -0.4 is 5.32 Å². The van der Waals surface area contributed by atoms with Gasteiger partial charge in [-0.3, -0.25) is 0 Å². The first-order valence-corrected chi connectivity index (χ1v) is 3.93. The summed E-state index contributed by atoms with van der Waals surface area (Å²) in [5.41, 5.74) is 0.223. The standard InChI is InChI=1S/C9H17NO2/c1-9(2,3)7-10-6-5-8(11)12-4/h5-6,10H,7H2,1-4H3/b6-5+. The third kappa shape index (κ3) is 7.12. The van der Waals surface area contributed by atoms with Crippen molar-refractivity contribution in [3.63, 3.8) is 0 Å². The van der Waals surface area contributed by atoms with Crippen molar-refractivity contribution >= 4 is 5.97 Å². The third-order valence-corrected chi connectivity index (χ3v) is 1.17. The fraction of sp³-hybridized carbons (Fsp3) is 0.667. The van der Waals surface area contributed by atoms with Gasteiger partial charge in [-0.2, -0.15) is 0 Å². The fourth-order valence-corrected chi connectivity index (χ4v) is 0.560. The first-order chi connectivity index (χ1) is 5.45. The molecule has 0 spiro atoms. The number of esters is 1. The van der Waals surface area contributed by atoms with Gasteiger partial charge in [-0.1, -0.05) is 20.8 Å². The van der Waals surface area contributed by atoms with E-state index in [1.807, 2.05) is 0 Å². The lowest BCUT2D eigenvalue weighted by molar-refractivity contribution is -0.134. The summed E-state index contributed by atoms with van der Waals surface area (Å²) in [7, 11) is 1.36. The Hall–Kier alpha value is -0.990. The average Bonchev–Trinajstić information content (AvgIpc) is 1.96. The Kier molecular flexibility index (Phi) is 4.40. The lowest BCUT2D eigenvalue weighted by atomic mass is 9.97. The summed E-state index contributed by atoms with van der Waals surface area (Å²) in [5.74, 6) is -0.337. The Morgan fingerprint density at radius 1 is 1.50 bits per heavy atom. The molecule has 0 fully saturated rings. The SMILES string of the molecule is COC(=O)/C=C/NCC(C)(C)C. The molecular formula is C9H17NO2. The molecule has 12 heavy (non-hydrogen) atoms. The van der Waals surface area contributed by atoms with Crippen LogP contribution >= 0.6 is 0 Å². The van der Waals surface area contributed by atoms with Gasteiger partial charge in [0.25, 0.3) is 0 Å². The molecule has 0 radical (unpaired) electrons. The quantitative estimate of drug-likeness (QED) is 0.514. The van der Waals surface area contributed by atoms with Gasteiger partial charge in [0.1, 0.15) is 0 Å². The van der Waals surface area contributed by atoms with E-state index < -0.39 is 0 Å². The largest absolute Gasteiger partial charge is 0.466 e. The van der Waals surface area contributed by atoms with Crippen LogP contribution in [-0.4, -0.2) is 19.6 Å². The highest BCUT2D eigenvalue weighted by Crippen LogP contribution is 2.09. The van der Waals surface area contributed by atoms with Gasteiger partial charge >= 0.3 is 5.97 Å². The Morgan fingerprint density at radius 3 is 2.50 bits per heavy atom. The van der Waals surface area contributed by atoms with E-state index in [0.29, 0.717) is 0 Å². The summed E-state index contributed by atoms with van der Waals surface area (Å²) in [6.07, 6.45) is 2.98. The zero-order valence-corrected chi connectivity index (χ0v) is 8.18. The van der Waals surface area contributed by atoms with E-state index in [0.717, 1.165) is 6.54 Å². The molecule has 0 aliphatic carbocycles. The third-order valence-electron chi connectivity index (χ3n) is 1.17. The van der Waals surface area contributed by atoms with Crippen molar-refractivity contribution < 1.29 is 9.53 Å². The average molecular weight is 171 g/mol. The summed E-state index contributed by atoms with van der Waals surface area (Å²) in [4.78, 5) is 10.6. The first-order valence-electron chi connectivity index (χ1n) is 3.93. The Labute approximate surface area is 73.8 Å². The molecule has 0 heterocycles. The summed E-state index contributed by atoms with van der Waals surface area (Å²) in [5, 5.41) is 3.01. The highest BCUT2D eigenvalue weighted by Gasteiger charge is 2.07. The minimum Gasteiger partial charge on any atom is -0.466 e. The predicted molar refractivity (Wildman–Crippen MR) is 48.6 cm³/mol. The van der Waals surface area contributed by atoms with Crippen LogP contribution in [0.15, 0.2) is 12.3 Å². The molecule has 0 unspecified atom stereocenters. The molecule has 0 saturated heterocycles. The summed E-state index contributed by atoms with van der Waals surface area (Å²) >= 11 is 0. The Balaban J connectivity index is 3.56. The lowest BCUT2D eigenvalue weighted by Crippen LogP contribution is -2.22. The van der Waals surface area contributed by atoms with E-state index in [1.54, 1.807) is 6.20 Å². The van der Waals surface area contributed by atoms with Crippen LogP contribution in [0.1, 0.15) is 20.8 Å². The molecule has 0 atom stereocenters. The molecule has 0 aliphatic rings. The second-order valence-corrected chi connectivity index (χ2v) is 3.80. The van der Waals surface area contributed by atoms with E-state index in [-0.39, 0.29) is 11.4 Å². The number of methoxy groups -OCH3 is 1.